The number of benzene rings is 2. The fraction of sp³-hybridized carbons (Fsp3) is 0.316. The summed E-state index contributed by atoms with van der Waals surface area (Å²) in [6, 6.07) is 6.28. The highest BCUT2D eigenvalue weighted by Crippen LogP contribution is 2.38. The number of nitro benzene ring substituents is 1. The smallest absolute Gasteiger partial charge is 0.340 e. The van der Waals surface area contributed by atoms with Crippen LogP contribution in [0.2, 0.25) is 0 Å². The molecule has 2 aromatic rings. The van der Waals surface area contributed by atoms with Gasteiger partial charge in [-0.2, -0.15) is 0 Å². The third-order valence-corrected chi connectivity index (χ3v) is 6.31. The third kappa shape index (κ3) is 4.15. The molecule has 10 nitrogen and oxygen atoms in total. The summed E-state index contributed by atoms with van der Waals surface area (Å²) in [5.74, 6) is -0.376. The van der Waals surface area contributed by atoms with Crippen LogP contribution in [0.25, 0.3) is 0 Å². The average molecular weight is 438 g/mol. The minimum Gasteiger partial charge on any atom is -0.493 e. The Balaban J connectivity index is 2.76. The van der Waals surface area contributed by atoms with Gasteiger partial charge in [0.15, 0.2) is 11.5 Å². The maximum Gasteiger partial charge on any atom is 0.340 e. The van der Waals surface area contributed by atoms with Gasteiger partial charge < -0.3 is 14.2 Å². The van der Waals surface area contributed by atoms with Crippen molar-refractivity contribution in [2.45, 2.75) is 18.7 Å². The zero-order valence-electron chi connectivity index (χ0n) is 17.2. The summed E-state index contributed by atoms with van der Waals surface area (Å²) in [6.07, 6.45) is 0. The zero-order valence-corrected chi connectivity index (χ0v) is 18.0. The molecule has 0 aliphatic heterocycles. The van der Waals surface area contributed by atoms with E-state index in [1.807, 2.05) is 0 Å². The lowest BCUT2D eigenvalue weighted by Crippen LogP contribution is -2.32. The van der Waals surface area contributed by atoms with Crippen molar-refractivity contribution in [3.63, 3.8) is 0 Å². The number of hydrogen-bond acceptors (Lipinski definition) is 8. The number of esters is 1. The second kappa shape index (κ2) is 8.99. The van der Waals surface area contributed by atoms with E-state index in [1.54, 1.807) is 6.92 Å². The highest BCUT2D eigenvalue weighted by atomic mass is 32.2. The van der Waals surface area contributed by atoms with Crippen molar-refractivity contribution in [3.8, 4) is 11.5 Å². The second-order valence-corrected chi connectivity index (χ2v) is 7.95. The number of sulfonamides is 1. The molecule has 30 heavy (non-hydrogen) atoms. The SMILES string of the molecule is CCN(c1cc(OC)c(OC)cc1C(=O)OC)S(=O)(=O)c1ccc(C)c([N+](=O)[O-])c1. The van der Waals surface area contributed by atoms with Crippen LogP contribution in [0.1, 0.15) is 22.8 Å². The van der Waals surface area contributed by atoms with Crippen LogP contribution >= 0.6 is 0 Å². The highest BCUT2D eigenvalue weighted by molar-refractivity contribution is 7.92. The number of ether oxygens (including phenoxy) is 3. The maximum absolute atomic E-state index is 13.3. The first-order valence-corrected chi connectivity index (χ1v) is 10.2. The van der Waals surface area contributed by atoms with Crippen LogP contribution in [-0.2, 0) is 14.8 Å². The monoisotopic (exact) mass is 438 g/mol. The van der Waals surface area contributed by atoms with Gasteiger partial charge in [-0.15, -0.1) is 0 Å². The summed E-state index contributed by atoms with van der Waals surface area (Å²) in [4.78, 5) is 22.7. The number of nitrogens with zero attached hydrogens (tertiary/aromatic N) is 2. The molecule has 2 rings (SSSR count). The van der Waals surface area contributed by atoms with Crippen molar-refractivity contribution in [2.75, 3.05) is 32.2 Å². The molecule has 0 amide bonds. The van der Waals surface area contributed by atoms with Gasteiger partial charge >= 0.3 is 5.97 Å². The first-order valence-electron chi connectivity index (χ1n) is 8.74. The topological polar surface area (TPSA) is 125 Å². The number of hydrogen-bond donors (Lipinski definition) is 0. The minimum atomic E-state index is -4.26. The Hall–Kier alpha value is -3.34. The molecule has 162 valence electrons. The van der Waals surface area contributed by atoms with Crippen LogP contribution in [0.15, 0.2) is 35.2 Å². The van der Waals surface area contributed by atoms with Crippen molar-refractivity contribution < 1.29 is 32.3 Å². The van der Waals surface area contributed by atoms with Crippen LogP contribution in [0.4, 0.5) is 11.4 Å². The van der Waals surface area contributed by atoms with Gasteiger partial charge in [-0.05, 0) is 19.9 Å². The van der Waals surface area contributed by atoms with E-state index in [9.17, 15) is 23.3 Å². The molecule has 0 heterocycles. The molecule has 0 fully saturated rings. The van der Waals surface area contributed by atoms with Crippen molar-refractivity contribution in [1.29, 1.82) is 0 Å². The Morgan fingerprint density at radius 1 is 1.10 bits per heavy atom. The summed E-state index contributed by atoms with van der Waals surface area (Å²) in [5.41, 5.74) is -0.0802. The Morgan fingerprint density at radius 2 is 1.70 bits per heavy atom. The zero-order chi connectivity index (χ0) is 22.6. The van der Waals surface area contributed by atoms with Crippen molar-refractivity contribution in [3.05, 3.63) is 51.6 Å². The van der Waals surface area contributed by atoms with Gasteiger partial charge in [0, 0.05) is 30.3 Å². The quantitative estimate of drug-likeness (QED) is 0.350. The Bertz CT molecular complexity index is 1080. The van der Waals surface area contributed by atoms with Gasteiger partial charge in [0.05, 0.1) is 42.4 Å². The molecule has 0 N–H and O–H groups in total. The Labute approximate surface area is 174 Å². The van der Waals surface area contributed by atoms with E-state index in [0.29, 0.717) is 5.56 Å². The van der Waals surface area contributed by atoms with Crippen LogP contribution in [0, 0.1) is 17.0 Å². The molecule has 0 saturated carbocycles. The minimum absolute atomic E-state index is 0.00905. The summed E-state index contributed by atoms with van der Waals surface area (Å²) in [5, 5.41) is 11.3. The van der Waals surface area contributed by atoms with E-state index < -0.39 is 20.9 Å². The lowest BCUT2D eigenvalue weighted by atomic mass is 10.1. The molecular weight excluding hydrogens is 416 g/mol. The molecular formula is C19H22N2O8S. The normalized spacial score (nSPS) is 11.0. The first kappa shape index (κ1) is 22.9. The number of aryl methyl sites for hydroxylation is 1. The first-order chi connectivity index (χ1) is 14.1. The molecule has 0 saturated heterocycles. The lowest BCUT2D eigenvalue weighted by Gasteiger charge is -2.26. The van der Waals surface area contributed by atoms with Crippen LogP contribution < -0.4 is 13.8 Å². The number of nitro groups is 1. The fourth-order valence-corrected chi connectivity index (χ4v) is 4.40. The lowest BCUT2D eigenvalue weighted by molar-refractivity contribution is -0.385. The van der Waals surface area contributed by atoms with Crippen LogP contribution in [-0.4, -0.2) is 47.2 Å². The molecule has 0 aliphatic rings. The van der Waals surface area contributed by atoms with Gasteiger partial charge in [0.1, 0.15) is 0 Å². The summed E-state index contributed by atoms with van der Waals surface area (Å²) in [7, 11) is -0.355. The van der Waals surface area contributed by atoms with Gasteiger partial charge in [-0.1, -0.05) is 6.07 Å². The summed E-state index contributed by atoms with van der Waals surface area (Å²) in [6.45, 7) is 3.01. The van der Waals surface area contributed by atoms with Gasteiger partial charge in [-0.25, -0.2) is 13.2 Å². The Kier molecular flexibility index (Phi) is 6.88. The van der Waals surface area contributed by atoms with E-state index in [0.717, 1.165) is 17.5 Å². The number of anilines is 1. The van der Waals surface area contributed by atoms with Crippen molar-refractivity contribution in [2.24, 2.45) is 0 Å². The molecule has 2 aromatic carbocycles. The highest BCUT2D eigenvalue weighted by Gasteiger charge is 2.31. The molecule has 0 bridgehead atoms. The van der Waals surface area contributed by atoms with E-state index in [1.165, 1.54) is 45.4 Å². The summed E-state index contributed by atoms with van der Waals surface area (Å²) < 4.78 is 42.9. The fourth-order valence-electron chi connectivity index (χ4n) is 2.89. The number of carbonyl (C=O) groups excluding carboxylic acids is 1. The van der Waals surface area contributed by atoms with E-state index in [-0.39, 0.29) is 39.9 Å². The summed E-state index contributed by atoms with van der Waals surface area (Å²) >= 11 is 0. The largest absolute Gasteiger partial charge is 0.493 e. The van der Waals surface area contributed by atoms with Crippen molar-refractivity contribution >= 4 is 27.4 Å². The van der Waals surface area contributed by atoms with E-state index in [4.69, 9.17) is 14.2 Å². The van der Waals surface area contributed by atoms with Gasteiger partial charge in [0.2, 0.25) is 0 Å². The molecule has 0 radical (unpaired) electrons. The average Bonchev–Trinajstić information content (AvgIpc) is 2.72. The molecule has 11 heteroatoms. The van der Waals surface area contributed by atoms with E-state index in [2.05, 4.69) is 0 Å². The second-order valence-electron chi connectivity index (χ2n) is 6.09. The van der Waals surface area contributed by atoms with Gasteiger partial charge in [0.25, 0.3) is 15.7 Å². The van der Waals surface area contributed by atoms with E-state index >= 15 is 0 Å². The predicted octanol–water partition coefficient (Wildman–Crippen LogP) is 2.92. The van der Waals surface area contributed by atoms with Crippen LogP contribution in [0.3, 0.4) is 0 Å². The number of carbonyl (C=O) groups is 1. The van der Waals surface area contributed by atoms with Gasteiger partial charge in [-0.3, -0.25) is 14.4 Å². The molecule has 0 atom stereocenters. The van der Waals surface area contributed by atoms with Crippen molar-refractivity contribution in [1.82, 2.24) is 0 Å². The molecule has 0 aliphatic carbocycles. The Morgan fingerprint density at radius 3 is 2.20 bits per heavy atom. The predicted molar refractivity (Wildman–Crippen MR) is 109 cm³/mol. The molecule has 0 unspecified atom stereocenters. The van der Waals surface area contributed by atoms with Crippen LogP contribution in [0.5, 0.6) is 11.5 Å². The molecule has 0 spiro atoms. The third-order valence-electron chi connectivity index (χ3n) is 4.43. The number of rotatable bonds is 8. The molecule has 0 aromatic heterocycles. The standard InChI is InChI=1S/C19H22N2O8S/c1-6-20(30(25,26)13-8-7-12(2)15(9-13)21(23)24)16-11-18(28-4)17(27-3)10-14(16)19(22)29-5/h7-11H,6H2,1-5H3. The number of methoxy groups -OCH3 is 3. The maximum atomic E-state index is 13.3.